The molecule has 1 aliphatic rings. The second kappa shape index (κ2) is 11.2. The predicted molar refractivity (Wildman–Crippen MR) is 119 cm³/mol. The third-order valence-corrected chi connectivity index (χ3v) is 5.97. The molecule has 0 N–H and O–H groups in total. The minimum absolute atomic E-state index is 0.715. The molecule has 0 bridgehead atoms. The van der Waals surface area contributed by atoms with Crippen LogP contribution in [0.3, 0.4) is 0 Å². The fraction of sp³-hybridized carbons (Fsp3) is 0.462. The van der Waals surface area contributed by atoms with Crippen molar-refractivity contribution < 1.29 is 4.74 Å². The fourth-order valence-electron chi connectivity index (χ4n) is 3.90. The Bertz CT molecular complexity index is 759. The molecular weight excluding hydrogens is 364 g/mol. The van der Waals surface area contributed by atoms with Crippen LogP contribution < -0.4 is 4.74 Å². The van der Waals surface area contributed by atoms with Gasteiger partial charge in [-0.1, -0.05) is 68.9 Å². The molecular formula is C26H31ClO. The summed E-state index contributed by atoms with van der Waals surface area (Å²) in [7, 11) is 0. The third kappa shape index (κ3) is 6.92. The molecule has 1 aliphatic carbocycles. The lowest BCUT2D eigenvalue weighted by Crippen LogP contribution is -2.20. The number of hydrogen-bond acceptors (Lipinski definition) is 1. The van der Waals surface area contributed by atoms with E-state index in [1.807, 2.05) is 48.5 Å². The van der Waals surface area contributed by atoms with Crippen LogP contribution in [0.2, 0.25) is 5.02 Å². The third-order valence-electron chi connectivity index (χ3n) is 5.72. The molecule has 1 nitrogen and oxygen atoms in total. The molecule has 0 atom stereocenters. The van der Waals surface area contributed by atoms with E-state index in [0.717, 1.165) is 34.4 Å². The van der Waals surface area contributed by atoms with Crippen LogP contribution in [0.4, 0.5) is 0 Å². The Labute approximate surface area is 175 Å². The van der Waals surface area contributed by atoms with Gasteiger partial charge in [0.1, 0.15) is 5.75 Å². The highest BCUT2D eigenvalue weighted by atomic mass is 35.5. The van der Waals surface area contributed by atoms with Gasteiger partial charge in [0.05, 0.1) is 6.61 Å². The zero-order valence-electron chi connectivity index (χ0n) is 16.9. The molecule has 2 aromatic carbocycles. The average molecular weight is 395 g/mol. The lowest BCUT2D eigenvalue weighted by molar-refractivity contribution is 0.177. The van der Waals surface area contributed by atoms with Crippen LogP contribution in [0, 0.1) is 23.7 Å². The van der Waals surface area contributed by atoms with E-state index in [-0.39, 0.29) is 0 Å². The van der Waals surface area contributed by atoms with Crippen molar-refractivity contribution >= 4 is 11.6 Å². The van der Waals surface area contributed by atoms with E-state index in [0.29, 0.717) is 5.92 Å². The Kier molecular flexibility index (Phi) is 8.31. The van der Waals surface area contributed by atoms with Crippen LogP contribution in [0.25, 0.3) is 0 Å². The van der Waals surface area contributed by atoms with Gasteiger partial charge in [-0.15, -0.1) is 0 Å². The van der Waals surface area contributed by atoms with Gasteiger partial charge in [-0.05, 0) is 73.2 Å². The van der Waals surface area contributed by atoms with E-state index in [1.165, 1.54) is 51.4 Å². The quantitative estimate of drug-likeness (QED) is 0.348. The number of benzene rings is 2. The highest BCUT2D eigenvalue weighted by molar-refractivity contribution is 6.30. The van der Waals surface area contributed by atoms with Gasteiger partial charge in [-0.25, -0.2) is 0 Å². The highest BCUT2D eigenvalue weighted by Gasteiger charge is 2.21. The number of hydrogen-bond donors (Lipinski definition) is 0. The van der Waals surface area contributed by atoms with Crippen LogP contribution in [-0.4, -0.2) is 6.61 Å². The summed E-state index contributed by atoms with van der Waals surface area (Å²) < 4.78 is 6.05. The van der Waals surface area contributed by atoms with Crippen LogP contribution in [-0.2, 0) is 0 Å². The molecule has 1 fully saturated rings. The molecule has 0 amide bonds. The Morgan fingerprint density at radius 1 is 0.821 bits per heavy atom. The van der Waals surface area contributed by atoms with Crippen molar-refractivity contribution in [2.45, 2.75) is 58.3 Å². The van der Waals surface area contributed by atoms with Gasteiger partial charge >= 0.3 is 0 Å². The van der Waals surface area contributed by atoms with Gasteiger partial charge in [0.2, 0.25) is 0 Å². The molecule has 0 saturated heterocycles. The van der Waals surface area contributed by atoms with E-state index in [9.17, 15) is 0 Å². The van der Waals surface area contributed by atoms with Gasteiger partial charge in [0, 0.05) is 16.1 Å². The number of ether oxygens (including phenoxy) is 1. The molecule has 0 radical (unpaired) electrons. The van der Waals surface area contributed by atoms with Crippen LogP contribution in [0.5, 0.6) is 5.75 Å². The summed E-state index contributed by atoms with van der Waals surface area (Å²) in [4.78, 5) is 0. The molecule has 0 unspecified atom stereocenters. The highest BCUT2D eigenvalue weighted by Crippen LogP contribution is 2.32. The standard InChI is InChI=1S/C26H31ClO/c1-2-3-4-5-21-8-10-24(11-9-21)20-28-26-18-14-23(15-19-26)7-6-22-12-16-25(27)17-13-22/h12-19,21,24H,2-5,8-11,20H2,1H3/t21-,24-. The van der Waals surface area contributed by atoms with Crippen LogP contribution in [0.15, 0.2) is 48.5 Å². The first-order valence-corrected chi connectivity index (χ1v) is 11.1. The number of rotatable bonds is 7. The van der Waals surface area contributed by atoms with Crippen molar-refractivity contribution in [3.8, 4) is 17.6 Å². The smallest absolute Gasteiger partial charge is 0.119 e. The van der Waals surface area contributed by atoms with Gasteiger partial charge in [-0.3, -0.25) is 0 Å². The Morgan fingerprint density at radius 3 is 2.00 bits per heavy atom. The lowest BCUT2D eigenvalue weighted by Gasteiger charge is -2.28. The molecule has 148 valence electrons. The molecule has 0 spiro atoms. The second-order valence-electron chi connectivity index (χ2n) is 7.97. The summed E-state index contributed by atoms with van der Waals surface area (Å²) in [5, 5.41) is 0.733. The molecule has 3 rings (SSSR count). The summed E-state index contributed by atoms with van der Waals surface area (Å²) in [5.74, 6) is 8.97. The summed E-state index contributed by atoms with van der Waals surface area (Å²) in [6, 6.07) is 15.7. The maximum absolute atomic E-state index is 6.05. The zero-order valence-corrected chi connectivity index (χ0v) is 17.7. The minimum Gasteiger partial charge on any atom is -0.493 e. The van der Waals surface area contributed by atoms with E-state index < -0.39 is 0 Å². The summed E-state index contributed by atoms with van der Waals surface area (Å²) >= 11 is 5.90. The number of halogens is 1. The van der Waals surface area contributed by atoms with Crippen molar-refractivity contribution in [3.63, 3.8) is 0 Å². The molecule has 28 heavy (non-hydrogen) atoms. The van der Waals surface area contributed by atoms with E-state index in [1.54, 1.807) is 0 Å². The monoisotopic (exact) mass is 394 g/mol. The maximum atomic E-state index is 6.05. The van der Waals surface area contributed by atoms with Crippen molar-refractivity contribution in [1.82, 2.24) is 0 Å². The van der Waals surface area contributed by atoms with Crippen LogP contribution >= 0.6 is 11.6 Å². The molecule has 2 aromatic rings. The van der Waals surface area contributed by atoms with Gasteiger partial charge in [0.25, 0.3) is 0 Å². The van der Waals surface area contributed by atoms with Crippen molar-refractivity contribution in [3.05, 3.63) is 64.7 Å². The van der Waals surface area contributed by atoms with Gasteiger partial charge in [-0.2, -0.15) is 0 Å². The Balaban J connectivity index is 1.41. The maximum Gasteiger partial charge on any atom is 0.119 e. The molecule has 1 saturated carbocycles. The topological polar surface area (TPSA) is 9.23 Å². The number of unbranched alkanes of at least 4 members (excludes halogenated alkanes) is 2. The summed E-state index contributed by atoms with van der Waals surface area (Å²) in [6.45, 7) is 3.13. The SMILES string of the molecule is CCCCC[C@H]1CC[C@H](COc2ccc(C#Cc3ccc(Cl)cc3)cc2)CC1. The molecule has 2 heteroatoms. The zero-order chi connectivity index (χ0) is 19.6. The second-order valence-corrected chi connectivity index (χ2v) is 8.41. The minimum atomic E-state index is 0.715. The van der Waals surface area contributed by atoms with Gasteiger partial charge in [0.15, 0.2) is 0 Å². The molecule has 0 aromatic heterocycles. The molecule has 0 aliphatic heterocycles. The summed E-state index contributed by atoms with van der Waals surface area (Å²) in [5.41, 5.74) is 1.96. The van der Waals surface area contributed by atoms with E-state index >= 15 is 0 Å². The Morgan fingerprint density at radius 2 is 1.39 bits per heavy atom. The van der Waals surface area contributed by atoms with Crippen molar-refractivity contribution in [1.29, 1.82) is 0 Å². The Hall–Kier alpha value is -1.91. The largest absolute Gasteiger partial charge is 0.493 e. The normalized spacial score (nSPS) is 18.9. The van der Waals surface area contributed by atoms with Crippen molar-refractivity contribution in [2.24, 2.45) is 11.8 Å². The molecule has 0 heterocycles. The van der Waals surface area contributed by atoms with Crippen LogP contribution in [0.1, 0.15) is 69.4 Å². The first kappa shape index (κ1) is 20.8. The first-order valence-electron chi connectivity index (χ1n) is 10.7. The first-order chi connectivity index (χ1) is 13.7. The lowest BCUT2D eigenvalue weighted by atomic mass is 9.80. The van der Waals surface area contributed by atoms with E-state index in [4.69, 9.17) is 16.3 Å². The summed E-state index contributed by atoms with van der Waals surface area (Å²) in [6.07, 6.45) is 11.0. The van der Waals surface area contributed by atoms with E-state index in [2.05, 4.69) is 18.8 Å². The van der Waals surface area contributed by atoms with Crippen molar-refractivity contribution in [2.75, 3.05) is 6.61 Å². The predicted octanol–water partition coefficient (Wildman–Crippen LogP) is 7.51. The fourth-order valence-corrected chi connectivity index (χ4v) is 4.02. The average Bonchev–Trinajstić information content (AvgIpc) is 2.74. The van der Waals surface area contributed by atoms with Gasteiger partial charge < -0.3 is 4.74 Å².